The fourth-order valence-electron chi connectivity index (χ4n) is 1.59. The van der Waals surface area contributed by atoms with Gasteiger partial charge in [-0.2, -0.15) is 0 Å². The SMILES string of the molecule is Cc1cc(N)c(Cl)c(N(C)c2ncccn2)c1. The Morgan fingerprint density at radius 3 is 2.53 bits per heavy atom. The Morgan fingerprint density at radius 1 is 1.24 bits per heavy atom. The van der Waals surface area contributed by atoms with E-state index in [9.17, 15) is 0 Å². The number of nitrogen functional groups attached to an aromatic ring is 1. The highest BCUT2D eigenvalue weighted by atomic mass is 35.5. The lowest BCUT2D eigenvalue weighted by Gasteiger charge is -2.19. The van der Waals surface area contributed by atoms with Gasteiger partial charge in [0.1, 0.15) is 0 Å². The van der Waals surface area contributed by atoms with Crippen LogP contribution in [-0.2, 0) is 0 Å². The molecular weight excluding hydrogens is 236 g/mol. The molecule has 0 unspecified atom stereocenters. The number of halogens is 1. The summed E-state index contributed by atoms with van der Waals surface area (Å²) in [5.41, 5.74) is 8.24. The minimum absolute atomic E-state index is 0.519. The summed E-state index contributed by atoms with van der Waals surface area (Å²) in [6.45, 7) is 1.97. The molecule has 2 rings (SSSR count). The van der Waals surface area contributed by atoms with Crippen LogP contribution in [-0.4, -0.2) is 17.0 Å². The molecule has 0 aliphatic rings. The lowest BCUT2D eigenvalue weighted by molar-refractivity contribution is 1.04. The normalized spacial score (nSPS) is 10.3. The predicted octanol–water partition coefficient (Wildman–Crippen LogP) is 2.79. The lowest BCUT2D eigenvalue weighted by Crippen LogP contribution is -2.13. The number of rotatable bonds is 2. The Labute approximate surface area is 105 Å². The van der Waals surface area contributed by atoms with Crippen molar-refractivity contribution in [1.29, 1.82) is 0 Å². The maximum Gasteiger partial charge on any atom is 0.229 e. The van der Waals surface area contributed by atoms with Gasteiger partial charge in [0.2, 0.25) is 5.95 Å². The van der Waals surface area contributed by atoms with Gasteiger partial charge in [-0.05, 0) is 30.7 Å². The fraction of sp³-hybridized carbons (Fsp3) is 0.167. The molecule has 17 heavy (non-hydrogen) atoms. The second kappa shape index (κ2) is 4.59. The molecular formula is C12H13ClN4. The van der Waals surface area contributed by atoms with Gasteiger partial charge in [-0.25, -0.2) is 9.97 Å². The number of benzene rings is 1. The van der Waals surface area contributed by atoms with Crippen molar-refractivity contribution in [3.05, 3.63) is 41.2 Å². The highest BCUT2D eigenvalue weighted by Crippen LogP contribution is 2.34. The van der Waals surface area contributed by atoms with Gasteiger partial charge >= 0.3 is 0 Å². The van der Waals surface area contributed by atoms with Crippen LogP contribution in [0.3, 0.4) is 0 Å². The maximum absolute atomic E-state index is 6.19. The van der Waals surface area contributed by atoms with E-state index in [4.69, 9.17) is 17.3 Å². The van der Waals surface area contributed by atoms with Crippen molar-refractivity contribution in [1.82, 2.24) is 9.97 Å². The van der Waals surface area contributed by atoms with Crippen molar-refractivity contribution < 1.29 is 0 Å². The highest BCUT2D eigenvalue weighted by molar-refractivity contribution is 6.35. The molecule has 1 aromatic heterocycles. The quantitative estimate of drug-likeness (QED) is 0.831. The van der Waals surface area contributed by atoms with E-state index in [0.717, 1.165) is 11.3 Å². The number of nitrogens with two attached hydrogens (primary N) is 1. The number of aryl methyl sites for hydroxylation is 1. The molecule has 0 saturated carbocycles. The third-order valence-electron chi connectivity index (χ3n) is 2.44. The fourth-order valence-corrected chi connectivity index (χ4v) is 1.83. The Morgan fingerprint density at radius 2 is 1.88 bits per heavy atom. The van der Waals surface area contributed by atoms with E-state index in [1.54, 1.807) is 18.5 Å². The number of anilines is 3. The number of nitrogens with zero attached hydrogens (tertiary/aromatic N) is 3. The van der Waals surface area contributed by atoms with Crippen molar-refractivity contribution in [2.24, 2.45) is 0 Å². The van der Waals surface area contributed by atoms with Crippen LogP contribution in [0.1, 0.15) is 5.56 Å². The van der Waals surface area contributed by atoms with Crippen LogP contribution in [0.25, 0.3) is 0 Å². The Kier molecular flexibility index (Phi) is 3.15. The summed E-state index contributed by atoms with van der Waals surface area (Å²) in [4.78, 5) is 10.2. The van der Waals surface area contributed by atoms with Gasteiger partial charge in [0, 0.05) is 19.4 Å². The first kappa shape index (κ1) is 11.7. The highest BCUT2D eigenvalue weighted by Gasteiger charge is 2.12. The van der Waals surface area contributed by atoms with E-state index in [0.29, 0.717) is 16.7 Å². The first-order valence-corrected chi connectivity index (χ1v) is 5.54. The van der Waals surface area contributed by atoms with Gasteiger partial charge in [0.05, 0.1) is 16.4 Å². The molecule has 0 bridgehead atoms. The molecule has 0 atom stereocenters. The zero-order chi connectivity index (χ0) is 12.4. The molecule has 0 fully saturated rings. The summed E-state index contributed by atoms with van der Waals surface area (Å²) in [7, 11) is 1.86. The number of hydrogen-bond acceptors (Lipinski definition) is 4. The van der Waals surface area contributed by atoms with Gasteiger partial charge in [-0.15, -0.1) is 0 Å². The lowest BCUT2D eigenvalue weighted by atomic mass is 10.2. The summed E-state index contributed by atoms with van der Waals surface area (Å²) in [6.07, 6.45) is 3.37. The minimum Gasteiger partial charge on any atom is -0.397 e. The average molecular weight is 249 g/mol. The molecule has 88 valence electrons. The van der Waals surface area contributed by atoms with Crippen LogP contribution in [0.15, 0.2) is 30.6 Å². The summed E-state index contributed by atoms with van der Waals surface area (Å²) >= 11 is 6.19. The van der Waals surface area contributed by atoms with E-state index in [1.807, 2.05) is 31.0 Å². The second-order valence-corrected chi connectivity index (χ2v) is 4.17. The van der Waals surface area contributed by atoms with E-state index < -0.39 is 0 Å². The molecule has 0 amide bonds. The maximum atomic E-state index is 6.19. The van der Waals surface area contributed by atoms with Gasteiger partial charge in [0.25, 0.3) is 0 Å². The second-order valence-electron chi connectivity index (χ2n) is 3.80. The smallest absolute Gasteiger partial charge is 0.229 e. The minimum atomic E-state index is 0.519. The molecule has 0 radical (unpaired) electrons. The van der Waals surface area contributed by atoms with Crippen LogP contribution < -0.4 is 10.6 Å². The molecule has 1 aromatic carbocycles. The van der Waals surface area contributed by atoms with Gasteiger partial charge in [-0.1, -0.05) is 11.6 Å². The summed E-state index contributed by atoms with van der Waals surface area (Å²) in [5, 5.41) is 0.519. The Balaban J connectivity index is 2.48. The third-order valence-corrected chi connectivity index (χ3v) is 2.85. The molecule has 0 aliphatic carbocycles. The molecule has 0 saturated heterocycles. The largest absolute Gasteiger partial charge is 0.397 e. The Hall–Kier alpha value is -1.81. The van der Waals surface area contributed by atoms with Crippen LogP contribution in [0.2, 0.25) is 5.02 Å². The molecule has 2 N–H and O–H groups in total. The topological polar surface area (TPSA) is 55.0 Å². The van der Waals surface area contributed by atoms with E-state index in [1.165, 1.54) is 0 Å². The van der Waals surface area contributed by atoms with Crippen molar-refractivity contribution in [3.63, 3.8) is 0 Å². The number of aromatic nitrogens is 2. The zero-order valence-corrected chi connectivity index (χ0v) is 10.4. The zero-order valence-electron chi connectivity index (χ0n) is 9.68. The standard InChI is InChI=1S/C12H13ClN4/c1-8-6-9(14)11(13)10(7-8)17(2)12-15-4-3-5-16-12/h3-7H,14H2,1-2H3. The molecule has 4 nitrogen and oxygen atoms in total. The number of hydrogen-bond donors (Lipinski definition) is 1. The first-order valence-electron chi connectivity index (χ1n) is 5.16. The van der Waals surface area contributed by atoms with Crippen LogP contribution in [0, 0.1) is 6.92 Å². The van der Waals surface area contributed by atoms with Crippen LogP contribution >= 0.6 is 11.6 Å². The van der Waals surface area contributed by atoms with Crippen molar-refractivity contribution in [2.75, 3.05) is 17.7 Å². The summed E-state index contributed by atoms with van der Waals surface area (Å²) in [5.74, 6) is 0.583. The van der Waals surface area contributed by atoms with Crippen molar-refractivity contribution in [2.45, 2.75) is 6.92 Å². The third kappa shape index (κ3) is 2.31. The van der Waals surface area contributed by atoms with Gasteiger partial charge in [0.15, 0.2) is 0 Å². The molecule has 5 heteroatoms. The van der Waals surface area contributed by atoms with E-state index >= 15 is 0 Å². The summed E-state index contributed by atoms with van der Waals surface area (Å²) < 4.78 is 0. The molecule has 0 aliphatic heterocycles. The monoisotopic (exact) mass is 248 g/mol. The van der Waals surface area contributed by atoms with Crippen molar-refractivity contribution >= 4 is 28.9 Å². The molecule has 1 heterocycles. The Bertz CT molecular complexity index is 528. The first-order chi connectivity index (χ1) is 8.09. The van der Waals surface area contributed by atoms with Crippen molar-refractivity contribution in [3.8, 4) is 0 Å². The van der Waals surface area contributed by atoms with Crippen LogP contribution in [0.4, 0.5) is 17.3 Å². The van der Waals surface area contributed by atoms with Crippen LogP contribution in [0.5, 0.6) is 0 Å². The van der Waals surface area contributed by atoms with E-state index in [-0.39, 0.29) is 0 Å². The molecule has 0 spiro atoms. The van der Waals surface area contributed by atoms with E-state index in [2.05, 4.69) is 9.97 Å². The average Bonchev–Trinajstić information content (AvgIpc) is 2.34. The van der Waals surface area contributed by atoms with Gasteiger partial charge < -0.3 is 10.6 Å². The predicted molar refractivity (Wildman–Crippen MR) is 70.7 cm³/mol. The molecule has 2 aromatic rings. The summed E-state index contributed by atoms with van der Waals surface area (Å²) in [6, 6.07) is 5.56. The van der Waals surface area contributed by atoms with Gasteiger partial charge in [-0.3, -0.25) is 0 Å².